The van der Waals surface area contributed by atoms with Crippen molar-refractivity contribution >= 4 is 14.1 Å². The summed E-state index contributed by atoms with van der Waals surface area (Å²) in [5.41, 5.74) is 12.6. The smallest absolute Gasteiger partial charge is 0.0701 e. The van der Waals surface area contributed by atoms with Crippen LogP contribution in [0.3, 0.4) is 0 Å². The molecule has 0 amide bonds. The molecule has 0 spiro atoms. The Balaban J connectivity index is 1.87. The van der Waals surface area contributed by atoms with Crippen LogP contribution in [0.2, 0.25) is 13.1 Å². The molecule has 2 aliphatic carbocycles. The molecule has 0 saturated heterocycles. The van der Waals surface area contributed by atoms with Gasteiger partial charge in [0.1, 0.15) is 0 Å². The fourth-order valence-corrected chi connectivity index (χ4v) is 11.1. The van der Waals surface area contributed by atoms with Crippen molar-refractivity contribution in [1.82, 2.24) is 0 Å². The molecule has 150 valence electrons. The molecule has 0 aromatic heterocycles. The lowest BCUT2D eigenvalue weighted by Gasteiger charge is -2.37. The van der Waals surface area contributed by atoms with Crippen LogP contribution in [0, 0.1) is 5.92 Å². The van der Waals surface area contributed by atoms with E-state index in [1.807, 2.05) is 0 Å². The van der Waals surface area contributed by atoms with Gasteiger partial charge >= 0.3 is 0 Å². The summed E-state index contributed by atoms with van der Waals surface area (Å²) in [4.78, 5) is 0. The normalized spacial score (nSPS) is 21.7. The molecular formula is C28H34Si. The van der Waals surface area contributed by atoms with Crippen molar-refractivity contribution < 1.29 is 0 Å². The van der Waals surface area contributed by atoms with Gasteiger partial charge in [-0.15, -0.1) is 0 Å². The number of allylic oxidation sites excluding steroid dienone is 5. The average Bonchev–Trinajstić information content (AvgIpc) is 3.20. The van der Waals surface area contributed by atoms with Crippen molar-refractivity contribution in [2.75, 3.05) is 0 Å². The summed E-state index contributed by atoms with van der Waals surface area (Å²) in [7, 11) is -1.74. The predicted molar refractivity (Wildman–Crippen MR) is 131 cm³/mol. The molecule has 0 bridgehead atoms. The first kappa shape index (κ1) is 20.2. The summed E-state index contributed by atoms with van der Waals surface area (Å²) in [5, 5.41) is 1.77. The molecule has 29 heavy (non-hydrogen) atoms. The van der Waals surface area contributed by atoms with Gasteiger partial charge in [-0.1, -0.05) is 103 Å². The quantitative estimate of drug-likeness (QED) is 0.454. The molecule has 2 unspecified atom stereocenters. The Bertz CT molecular complexity index is 1050. The number of rotatable bonds is 4. The first-order valence-corrected chi connectivity index (χ1v) is 14.1. The fourth-order valence-electron chi connectivity index (χ4n) is 6.05. The molecule has 0 N–H and O–H groups in total. The Labute approximate surface area is 178 Å². The van der Waals surface area contributed by atoms with Crippen LogP contribution in [0.5, 0.6) is 0 Å². The van der Waals surface area contributed by atoms with E-state index in [2.05, 4.69) is 102 Å². The zero-order chi connectivity index (χ0) is 20.9. The third-order valence-corrected chi connectivity index (χ3v) is 12.0. The van der Waals surface area contributed by atoms with Gasteiger partial charge in [-0.05, 0) is 60.9 Å². The highest BCUT2D eigenvalue weighted by molar-refractivity contribution is 6.86. The standard InChI is InChI=1S/C28H34Si/c1-8-22-17-26-24(23-13-10-9-11-14-23)15-12-16-25(26)28(22)29(6,7)27-20(4)18(2)19(3)21(27)5/h9-17,20,28H,8H2,1-7H3. The van der Waals surface area contributed by atoms with Crippen LogP contribution in [0.25, 0.3) is 17.2 Å². The fraction of sp³-hybridized carbons (Fsp3) is 0.357. The van der Waals surface area contributed by atoms with Gasteiger partial charge in [0, 0.05) is 5.54 Å². The highest BCUT2D eigenvalue weighted by Crippen LogP contribution is 2.52. The molecule has 0 nitrogen and oxygen atoms in total. The molecular weight excluding hydrogens is 364 g/mol. The minimum Gasteiger partial charge on any atom is -0.0701 e. The summed E-state index contributed by atoms with van der Waals surface area (Å²) in [6.45, 7) is 17.0. The number of hydrogen-bond donors (Lipinski definition) is 0. The van der Waals surface area contributed by atoms with E-state index in [1.165, 1.54) is 22.3 Å². The molecule has 0 saturated carbocycles. The molecule has 2 aromatic carbocycles. The molecule has 2 atom stereocenters. The summed E-state index contributed by atoms with van der Waals surface area (Å²) < 4.78 is 0. The lowest BCUT2D eigenvalue weighted by Crippen LogP contribution is -2.40. The van der Waals surface area contributed by atoms with E-state index < -0.39 is 8.07 Å². The summed E-state index contributed by atoms with van der Waals surface area (Å²) in [6, 6.07) is 17.9. The maximum atomic E-state index is 2.62. The van der Waals surface area contributed by atoms with E-state index in [0.717, 1.165) is 6.42 Å². The van der Waals surface area contributed by atoms with Gasteiger partial charge in [0.2, 0.25) is 0 Å². The van der Waals surface area contributed by atoms with Gasteiger partial charge in [-0.25, -0.2) is 0 Å². The van der Waals surface area contributed by atoms with Crippen molar-refractivity contribution in [3.63, 3.8) is 0 Å². The van der Waals surface area contributed by atoms with Crippen molar-refractivity contribution in [2.45, 2.75) is 59.7 Å². The minimum absolute atomic E-state index is 0.581. The summed E-state index contributed by atoms with van der Waals surface area (Å²) in [6.07, 6.45) is 3.66. The Hall–Kier alpha value is -2.12. The Morgan fingerprint density at radius 2 is 1.55 bits per heavy atom. The van der Waals surface area contributed by atoms with Gasteiger partial charge < -0.3 is 0 Å². The van der Waals surface area contributed by atoms with E-state index in [1.54, 1.807) is 27.5 Å². The van der Waals surface area contributed by atoms with E-state index in [4.69, 9.17) is 0 Å². The maximum absolute atomic E-state index is 2.62. The predicted octanol–water partition coefficient (Wildman–Crippen LogP) is 8.33. The van der Waals surface area contributed by atoms with E-state index in [-0.39, 0.29) is 0 Å². The second-order valence-electron chi connectivity index (χ2n) is 9.47. The van der Waals surface area contributed by atoms with Crippen molar-refractivity contribution in [1.29, 1.82) is 0 Å². The molecule has 0 heterocycles. The first-order chi connectivity index (χ1) is 13.8. The van der Waals surface area contributed by atoms with Crippen LogP contribution in [0.4, 0.5) is 0 Å². The second-order valence-corrected chi connectivity index (χ2v) is 14.0. The molecule has 2 aliphatic rings. The number of benzene rings is 2. The minimum atomic E-state index is -1.74. The lowest BCUT2D eigenvalue weighted by atomic mass is 9.97. The van der Waals surface area contributed by atoms with Gasteiger partial charge in [-0.3, -0.25) is 0 Å². The molecule has 4 rings (SSSR count). The Kier molecular flexibility index (Phi) is 5.07. The zero-order valence-electron chi connectivity index (χ0n) is 19.1. The van der Waals surface area contributed by atoms with Crippen LogP contribution >= 0.6 is 0 Å². The molecule has 2 aromatic rings. The van der Waals surface area contributed by atoms with Crippen molar-refractivity contribution in [2.24, 2.45) is 5.92 Å². The molecule has 0 aliphatic heterocycles. The second kappa shape index (κ2) is 7.29. The third-order valence-electron chi connectivity index (χ3n) is 7.70. The van der Waals surface area contributed by atoms with Crippen LogP contribution in [0.1, 0.15) is 57.7 Å². The summed E-state index contributed by atoms with van der Waals surface area (Å²) >= 11 is 0. The van der Waals surface area contributed by atoms with Crippen LogP contribution in [-0.4, -0.2) is 8.07 Å². The van der Waals surface area contributed by atoms with Gasteiger partial charge in [-0.2, -0.15) is 0 Å². The first-order valence-electron chi connectivity index (χ1n) is 11.1. The Morgan fingerprint density at radius 1 is 0.862 bits per heavy atom. The van der Waals surface area contributed by atoms with Gasteiger partial charge in [0.25, 0.3) is 0 Å². The van der Waals surface area contributed by atoms with Gasteiger partial charge in [0.15, 0.2) is 0 Å². The molecule has 1 heteroatoms. The SMILES string of the molecule is CCC1=Cc2c(-c3ccccc3)cccc2C1[Si](C)(C)C1=C(C)C(C)=C(C)C1C. The maximum Gasteiger partial charge on any atom is 0.0883 e. The largest absolute Gasteiger partial charge is 0.0883 e. The number of fused-ring (bicyclic) bond motifs is 1. The number of hydrogen-bond acceptors (Lipinski definition) is 0. The van der Waals surface area contributed by atoms with Crippen molar-refractivity contribution in [3.05, 3.63) is 87.1 Å². The van der Waals surface area contributed by atoms with Gasteiger partial charge in [0.05, 0.1) is 8.07 Å². The van der Waals surface area contributed by atoms with Crippen LogP contribution in [0.15, 0.2) is 76.0 Å². The Morgan fingerprint density at radius 3 is 2.14 bits per heavy atom. The monoisotopic (exact) mass is 398 g/mol. The van der Waals surface area contributed by atoms with E-state index in [0.29, 0.717) is 11.5 Å². The highest BCUT2D eigenvalue weighted by Gasteiger charge is 2.45. The van der Waals surface area contributed by atoms with E-state index in [9.17, 15) is 0 Å². The van der Waals surface area contributed by atoms with Crippen molar-refractivity contribution in [3.8, 4) is 11.1 Å². The average molecular weight is 399 g/mol. The zero-order valence-corrected chi connectivity index (χ0v) is 20.1. The van der Waals surface area contributed by atoms with Crippen LogP contribution in [-0.2, 0) is 0 Å². The molecule has 0 fully saturated rings. The highest BCUT2D eigenvalue weighted by atomic mass is 28.3. The third kappa shape index (κ3) is 3.02. The van der Waals surface area contributed by atoms with E-state index >= 15 is 0 Å². The topological polar surface area (TPSA) is 0 Å². The lowest BCUT2D eigenvalue weighted by molar-refractivity contribution is 0.835. The molecule has 0 radical (unpaired) electrons. The summed E-state index contributed by atoms with van der Waals surface area (Å²) in [5.74, 6) is 0.594. The van der Waals surface area contributed by atoms with Crippen LogP contribution < -0.4 is 0 Å².